The summed E-state index contributed by atoms with van der Waals surface area (Å²) in [5, 5.41) is 8.77. The van der Waals surface area contributed by atoms with Crippen molar-refractivity contribution < 1.29 is 22.4 Å². The van der Waals surface area contributed by atoms with Gasteiger partial charge in [0.25, 0.3) is 0 Å². The number of nitrogens with zero attached hydrogens (tertiary/aromatic N) is 2. The molecule has 0 spiro atoms. The molecule has 1 aromatic heterocycles. The van der Waals surface area contributed by atoms with Gasteiger partial charge < -0.3 is 20.4 Å². The van der Waals surface area contributed by atoms with Gasteiger partial charge >= 0.3 is 6.18 Å². The van der Waals surface area contributed by atoms with Crippen molar-refractivity contribution in [1.29, 1.82) is 0 Å². The summed E-state index contributed by atoms with van der Waals surface area (Å²) in [7, 11) is 0. The molecule has 1 unspecified atom stereocenters. The zero-order valence-corrected chi connectivity index (χ0v) is 17.3. The molecule has 0 aromatic carbocycles. The van der Waals surface area contributed by atoms with Crippen LogP contribution in [0.3, 0.4) is 0 Å². The Labute approximate surface area is 173 Å². The summed E-state index contributed by atoms with van der Waals surface area (Å²) in [6.45, 7) is 2.40. The molecule has 1 atom stereocenters. The fourth-order valence-corrected chi connectivity index (χ4v) is 2.67. The van der Waals surface area contributed by atoms with E-state index < -0.39 is 12.7 Å². The summed E-state index contributed by atoms with van der Waals surface area (Å²) < 4.78 is 42.5. The molecule has 3 N–H and O–H groups in total. The predicted octanol–water partition coefficient (Wildman–Crippen LogP) is 1.71. The van der Waals surface area contributed by atoms with E-state index in [1.807, 2.05) is 6.92 Å². The van der Waals surface area contributed by atoms with Gasteiger partial charge in [-0.3, -0.25) is 9.69 Å². The van der Waals surface area contributed by atoms with Crippen molar-refractivity contribution in [2.75, 3.05) is 32.7 Å². The SMILES string of the molecule is CCNC(=NCC(=O)NCc1ccco1)NC1CCN(CC(F)(F)F)C1.I. The van der Waals surface area contributed by atoms with E-state index in [-0.39, 0.29) is 55.6 Å². The maximum atomic E-state index is 12.5. The molecule has 0 radical (unpaired) electrons. The van der Waals surface area contributed by atoms with Gasteiger partial charge in [-0.15, -0.1) is 24.0 Å². The second kappa shape index (κ2) is 11.4. The number of hydrogen-bond donors (Lipinski definition) is 3. The van der Waals surface area contributed by atoms with Crippen LogP contribution in [0, 0.1) is 0 Å². The number of furan rings is 1. The molecule has 154 valence electrons. The van der Waals surface area contributed by atoms with Crippen LogP contribution < -0.4 is 16.0 Å². The Morgan fingerprint density at radius 2 is 2.19 bits per heavy atom. The van der Waals surface area contributed by atoms with E-state index in [2.05, 4.69) is 20.9 Å². The minimum atomic E-state index is -4.19. The molecule has 7 nitrogen and oxygen atoms in total. The smallest absolute Gasteiger partial charge is 0.401 e. The van der Waals surface area contributed by atoms with E-state index in [0.717, 1.165) is 0 Å². The van der Waals surface area contributed by atoms with Gasteiger partial charge in [-0.05, 0) is 25.5 Å². The maximum absolute atomic E-state index is 12.5. The molecule has 0 saturated carbocycles. The van der Waals surface area contributed by atoms with E-state index in [1.54, 1.807) is 12.1 Å². The van der Waals surface area contributed by atoms with Gasteiger partial charge in [0, 0.05) is 25.7 Å². The molecule has 1 aromatic rings. The first kappa shape index (κ1) is 23.5. The fourth-order valence-electron chi connectivity index (χ4n) is 2.67. The number of likely N-dealkylation sites (tertiary alicyclic amines) is 1. The number of rotatable bonds is 7. The largest absolute Gasteiger partial charge is 0.467 e. The standard InChI is InChI=1S/C16H24F3N5O2.HI/c1-2-20-15(22-9-14(25)21-8-13-4-3-7-26-13)23-12-5-6-24(10-12)11-16(17,18)19;/h3-4,7,12H,2,5-6,8-11H2,1H3,(H,21,25)(H2,20,22,23);1H. The van der Waals surface area contributed by atoms with Crippen molar-refractivity contribution in [1.82, 2.24) is 20.9 Å². The maximum Gasteiger partial charge on any atom is 0.401 e. The molecule has 0 aliphatic carbocycles. The summed E-state index contributed by atoms with van der Waals surface area (Å²) in [4.78, 5) is 17.4. The highest BCUT2D eigenvalue weighted by atomic mass is 127. The fraction of sp³-hybridized carbons (Fsp3) is 0.625. The van der Waals surface area contributed by atoms with Crippen LogP contribution in [0.1, 0.15) is 19.1 Å². The molecule has 11 heteroatoms. The number of carbonyl (C=O) groups is 1. The summed E-state index contributed by atoms with van der Waals surface area (Å²) >= 11 is 0. The van der Waals surface area contributed by atoms with Crippen LogP contribution in [0.15, 0.2) is 27.8 Å². The Bertz CT molecular complexity index is 595. The highest BCUT2D eigenvalue weighted by molar-refractivity contribution is 14.0. The Balaban J connectivity index is 0.00000364. The first-order valence-electron chi connectivity index (χ1n) is 8.48. The molecule has 0 bridgehead atoms. The Morgan fingerprint density at radius 3 is 2.81 bits per heavy atom. The van der Waals surface area contributed by atoms with Gasteiger partial charge in [-0.2, -0.15) is 13.2 Å². The first-order chi connectivity index (χ1) is 12.4. The van der Waals surface area contributed by atoms with Crippen molar-refractivity contribution in [2.24, 2.45) is 4.99 Å². The molecule has 2 rings (SSSR count). The van der Waals surface area contributed by atoms with Gasteiger partial charge in [-0.25, -0.2) is 4.99 Å². The van der Waals surface area contributed by atoms with Crippen molar-refractivity contribution >= 4 is 35.8 Å². The summed E-state index contributed by atoms with van der Waals surface area (Å²) in [6, 6.07) is 3.35. The number of amides is 1. The van der Waals surface area contributed by atoms with Gasteiger partial charge in [0.2, 0.25) is 5.91 Å². The number of halogens is 4. The Kier molecular flexibility index (Phi) is 9.91. The molecule has 2 heterocycles. The number of alkyl halides is 3. The lowest BCUT2D eigenvalue weighted by atomic mass is 10.3. The molecule has 1 fully saturated rings. The van der Waals surface area contributed by atoms with E-state index in [4.69, 9.17) is 4.42 Å². The van der Waals surface area contributed by atoms with Gasteiger partial charge in [0.05, 0.1) is 19.4 Å². The number of aliphatic imine (C=N–C) groups is 1. The van der Waals surface area contributed by atoms with Crippen molar-refractivity contribution in [3.63, 3.8) is 0 Å². The molecular formula is C16H25F3IN5O2. The van der Waals surface area contributed by atoms with Crippen LogP contribution in [0.25, 0.3) is 0 Å². The molecule has 1 aliphatic rings. The third-order valence-electron chi connectivity index (χ3n) is 3.78. The van der Waals surface area contributed by atoms with Crippen LogP contribution in [0.4, 0.5) is 13.2 Å². The minimum Gasteiger partial charge on any atom is -0.467 e. The van der Waals surface area contributed by atoms with Gasteiger partial charge in [0.1, 0.15) is 12.3 Å². The summed E-state index contributed by atoms with van der Waals surface area (Å²) in [6.07, 6.45) is -2.08. The van der Waals surface area contributed by atoms with Gasteiger partial charge in [0.15, 0.2) is 5.96 Å². The first-order valence-corrected chi connectivity index (χ1v) is 8.48. The lowest BCUT2D eigenvalue weighted by Gasteiger charge is -2.19. The summed E-state index contributed by atoms with van der Waals surface area (Å²) in [5.41, 5.74) is 0. The lowest BCUT2D eigenvalue weighted by Crippen LogP contribution is -2.45. The second-order valence-electron chi connectivity index (χ2n) is 6.03. The average Bonchev–Trinajstić information content (AvgIpc) is 3.21. The van der Waals surface area contributed by atoms with Crippen molar-refractivity contribution in [3.8, 4) is 0 Å². The van der Waals surface area contributed by atoms with Crippen LogP contribution in [0.5, 0.6) is 0 Å². The normalized spacial score (nSPS) is 18.1. The third-order valence-corrected chi connectivity index (χ3v) is 3.78. The number of carbonyl (C=O) groups excluding carboxylic acids is 1. The molecule has 1 amide bonds. The number of guanidine groups is 1. The average molecular weight is 503 g/mol. The monoisotopic (exact) mass is 503 g/mol. The molecule has 27 heavy (non-hydrogen) atoms. The van der Waals surface area contributed by atoms with Crippen LogP contribution in [0.2, 0.25) is 0 Å². The van der Waals surface area contributed by atoms with E-state index in [0.29, 0.717) is 31.2 Å². The van der Waals surface area contributed by atoms with Crippen LogP contribution in [-0.2, 0) is 11.3 Å². The van der Waals surface area contributed by atoms with E-state index >= 15 is 0 Å². The number of nitrogens with one attached hydrogen (secondary N) is 3. The van der Waals surface area contributed by atoms with E-state index in [1.165, 1.54) is 11.2 Å². The predicted molar refractivity (Wildman–Crippen MR) is 106 cm³/mol. The quantitative estimate of drug-likeness (QED) is 0.300. The third kappa shape index (κ3) is 9.31. The van der Waals surface area contributed by atoms with Crippen molar-refractivity contribution in [2.45, 2.75) is 32.1 Å². The van der Waals surface area contributed by atoms with E-state index in [9.17, 15) is 18.0 Å². The highest BCUT2D eigenvalue weighted by Crippen LogP contribution is 2.19. The van der Waals surface area contributed by atoms with Gasteiger partial charge in [-0.1, -0.05) is 0 Å². The topological polar surface area (TPSA) is 81.9 Å². The summed E-state index contributed by atoms with van der Waals surface area (Å²) in [5.74, 6) is 0.784. The minimum absolute atomic E-state index is 0. The number of hydrogen-bond acceptors (Lipinski definition) is 4. The highest BCUT2D eigenvalue weighted by Gasteiger charge is 2.34. The Hall–Kier alpha value is -1.50. The molecular weight excluding hydrogens is 478 g/mol. The van der Waals surface area contributed by atoms with Crippen molar-refractivity contribution in [3.05, 3.63) is 24.2 Å². The zero-order chi connectivity index (χ0) is 19.0. The lowest BCUT2D eigenvalue weighted by molar-refractivity contribution is -0.143. The second-order valence-corrected chi connectivity index (χ2v) is 6.03. The molecule has 1 aliphatic heterocycles. The van der Waals surface area contributed by atoms with Crippen LogP contribution >= 0.6 is 24.0 Å². The molecule has 1 saturated heterocycles. The zero-order valence-electron chi connectivity index (χ0n) is 15.0. The Morgan fingerprint density at radius 1 is 1.41 bits per heavy atom. The van der Waals surface area contributed by atoms with Crippen LogP contribution in [-0.4, -0.2) is 61.7 Å².